The van der Waals surface area contributed by atoms with Gasteiger partial charge in [-0.3, -0.25) is 4.31 Å². The molecule has 1 atom stereocenters. The van der Waals surface area contributed by atoms with Gasteiger partial charge in [0.15, 0.2) is 0 Å². The summed E-state index contributed by atoms with van der Waals surface area (Å²) in [5.41, 5.74) is 1.56. The summed E-state index contributed by atoms with van der Waals surface area (Å²) in [7, 11) is -3.67. The lowest BCUT2D eigenvalue weighted by atomic mass is 10.2. The Balaban J connectivity index is 2.15. The quantitative estimate of drug-likeness (QED) is 0.818. The van der Waals surface area contributed by atoms with Crippen LogP contribution >= 0.6 is 0 Å². The lowest BCUT2D eigenvalue weighted by Gasteiger charge is -2.36. The Morgan fingerprint density at radius 1 is 1.18 bits per heavy atom. The molecule has 0 fully saturated rings. The van der Waals surface area contributed by atoms with Gasteiger partial charge in [0.05, 0.1) is 16.6 Å². The Morgan fingerprint density at radius 2 is 1.86 bits per heavy atom. The highest BCUT2D eigenvalue weighted by Gasteiger charge is 2.35. The number of rotatable bonds is 3. The molecule has 0 aromatic heterocycles. The summed E-state index contributed by atoms with van der Waals surface area (Å²) in [6.07, 6.45) is 1.60. The van der Waals surface area contributed by atoms with Crippen molar-refractivity contribution in [2.75, 3.05) is 10.9 Å². The van der Waals surface area contributed by atoms with Crippen molar-refractivity contribution in [3.8, 4) is 5.75 Å². The smallest absolute Gasteiger partial charge is 0.265 e. The van der Waals surface area contributed by atoms with E-state index in [0.717, 1.165) is 5.56 Å². The number of hydrogen-bond acceptors (Lipinski definition) is 3. The highest BCUT2D eigenvalue weighted by Crippen LogP contribution is 2.37. The van der Waals surface area contributed by atoms with Gasteiger partial charge in [0, 0.05) is 0 Å². The Labute approximate surface area is 130 Å². The fourth-order valence-electron chi connectivity index (χ4n) is 2.48. The van der Waals surface area contributed by atoms with Crippen LogP contribution in [-0.2, 0) is 10.0 Å². The first kappa shape index (κ1) is 14.7. The van der Waals surface area contributed by atoms with Gasteiger partial charge >= 0.3 is 0 Å². The lowest BCUT2D eigenvalue weighted by Crippen LogP contribution is -2.45. The summed E-state index contributed by atoms with van der Waals surface area (Å²) < 4.78 is 33.1. The average Bonchev–Trinajstić information content (AvgIpc) is 2.54. The van der Waals surface area contributed by atoms with Crippen LogP contribution in [-0.4, -0.2) is 21.1 Å². The third-order valence-corrected chi connectivity index (χ3v) is 5.52. The van der Waals surface area contributed by atoms with Crippen molar-refractivity contribution in [2.24, 2.45) is 0 Å². The van der Waals surface area contributed by atoms with Crippen molar-refractivity contribution >= 4 is 15.7 Å². The predicted octanol–water partition coefficient (Wildman–Crippen LogP) is 3.14. The number of benzene rings is 2. The zero-order valence-corrected chi connectivity index (χ0v) is 13.1. The highest BCUT2D eigenvalue weighted by atomic mass is 32.2. The molecule has 114 valence electrons. The Morgan fingerprint density at radius 3 is 2.55 bits per heavy atom. The van der Waals surface area contributed by atoms with Crippen molar-refractivity contribution in [1.29, 1.82) is 0 Å². The van der Waals surface area contributed by atoms with E-state index in [1.807, 2.05) is 13.0 Å². The second kappa shape index (κ2) is 5.50. The molecule has 0 saturated heterocycles. The van der Waals surface area contributed by atoms with Gasteiger partial charge in [0.2, 0.25) is 0 Å². The number of para-hydroxylation sites is 2. The summed E-state index contributed by atoms with van der Waals surface area (Å²) in [5.74, 6) is 0.566. The summed E-state index contributed by atoms with van der Waals surface area (Å²) in [5, 5.41) is 0. The van der Waals surface area contributed by atoms with Crippen molar-refractivity contribution < 1.29 is 13.2 Å². The largest absolute Gasteiger partial charge is 0.489 e. The normalized spacial score (nSPS) is 17.5. The molecular formula is C17H17NO3S. The molecule has 4 nitrogen and oxygen atoms in total. The van der Waals surface area contributed by atoms with Gasteiger partial charge in [-0.05, 0) is 31.2 Å². The third kappa shape index (κ3) is 2.37. The Kier molecular flexibility index (Phi) is 3.66. The molecule has 2 aromatic rings. The van der Waals surface area contributed by atoms with E-state index in [0.29, 0.717) is 11.4 Å². The predicted molar refractivity (Wildman–Crippen MR) is 86.8 cm³/mol. The van der Waals surface area contributed by atoms with Gasteiger partial charge in [0.1, 0.15) is 12.4 Å². The number of aryl methyl sites for hydroxylation is 1. The van der Waals surface area contributed by atoms with Gasteiger partial charge in [-0.25, -0.2) is 8.42 Å². The van der Waals surface area contributed by atoms with Crippen LogP contribution < -0.4 is 9.04 Å². The first-order chi connectivity index (χ1) is 10.5. The van der Waals surface area contributed by atoms with E-state index >= 15 is 0 Å². The molecule has 0 aliphatic carbocycles. The number of anilines is 1. The molecule has 0 unspecified atom stereocenters. The number of ether oxygens (including phenoxy) is 1. The van der Waals surface area contributed by atoms with Crippen LogP contribution in [0, 0.1) is 6.92 Å². The van der Waals surface area contributed by atoms with E-state index in [1.54, 1.807) is 48.5 Å². The van der Waals surface area contributed by atoms with Crippen LogP contribution in [0.1, 0.15) is 5.56 Å². The minimum Gasteiger partial charge on any atom is -0.489 e. The van der Waals surface area contributed by atoms with Crippen molar-refractivity contribution in [3.63, 3.8) is 0 Å². The molecule has 0 spiro atoms. The second-order valence-corrected chi connectivity index (χ2v) is 7.01. The monoisotopic (exact) mass is 315 g/mol. The number of hydrogen-bond donors (Lipinski definition) is 0. The summed E-state index contributed by atoms with van der Waals surface area (Å²) in [4.78, 5) is 0.265. The van der Waals surface area contributed by atoms with E-state index in [9.17, 15) is 8.42 Å². The summed E-state index contributed by atoms with van der Waals surface area (Å²) in [6.45, 7) is 5.92. The fourth-order valence-corrected chi connectivity index (χ4v) is 4.10. The first-order valence-electron chi connectivity index (χ1n) is 6.99. The number of nitrogens with zero attached hydrogens (tertiary/aromatic N) is 1. The molecule has 0 amide bonds. The topological polar surface area (TPSA) is 46.6 Å². The molecule has 1 aliphatic heterocycles. The molecule has 5 heteroatoms. The third-order valence-electron chi connectivity index (χ3n) is 3.66. The molecule has 1 aliphatic rings. The van der Waals surface area contributed by atoms with Gasteiger partial charge in [-0.1, -0.05) is 35.9 Å². The van der Waals surface area contributed by atoms with Crippen LogP contribution in [0.3, 0.4) is 0 Å². The molecule has 0 N–H and O–H groups in total. The summed E-state index contributed by atoms with van der Waals surface area (Å²) >= 11 is 0. The van der Waals surface area contributed by atoms with Crippen LogP contribution in [0.4, 0.5) is 5.69 Å². The number of fused-ring (bicyclic) bond motifs is 1. The molecule has 3 rings (SSSR count). The van der Waals surface area contributed by atoms with Gasteiger partial charge in [0.25, 0.3) is 10.0 Å². The fraction of sp³-hybridized carbons (Fsp3) is 0.176. The van der Waals surface area contributed by atoms with Gasteiger partial charge in [-0.15, -0.1) is 6.58 Å². The van der Waals surface area contributed by atoms with E-state index in [1.165, 1.54) is 4.31 Å². The molecule has 0 bridgehead atoms. The standard InChI is InChI=1S/C17H17NO3S/c1-3-14-12-21-17-7-5-4-6-16(17)18(14)22(19,20)15-10-8-13(2)9-11-15/h3-11,14H,1,12H2,2H3/t14-/m0/s1. The molecule has 22 heavy (non-hydrogen) atoms. The van der Waals surface area contributed by atoms with Crippen molar-refractivity contribution in [1.82, 2.24) is 0 Å². The van der Waals surface area contributed by atoms with Crippen molar-refractivity contribution in [2.45, 2.75) is 17.9 Å². The van der Waals surface area contributed by atoms with Crippen molar-refractivity contribution in [3.05, 3.63) is 66.7 Å². The van der Waals surface area contributed by atoms with E-state index < -0.39 is 16.1 Å². The zero-order chi connectivity index (χ0) is 15.7. The second-order valence-electron chi connectivity index (χ2n) is 5.20. The van der Waals surface area contributed by atoms with E-state index in [4.69, 9.17) is 4.74 Å². The zero-order valence-electron chi connectivity index (χ0n) is 12.3. The molecule has 2 aromatic carbocycles. The van der Waals surface area contributed by atoms with Crippen LogP contribution in [0.5, 0.6) is 5.75 Å². The van der Waals surface area contributed by atoms with E-state index in [-0.39, 0.29) is 11.5 Å². The van der Waals surface area contributed by atoms with Gasteiger partial charge < -0.3 is 4.74 Å². The maximum atomic E-state index is 13.1. The maximum absolute atomic E-state index is 13.1. The highest BCUT2D eigenvalue weighted by molar-refractivity contribution is 7.92. The maximum Gasteiger partial charge on any atom is 0.265 e. The van der Waals surface area contributed by atoms with E-state index in [2.05, 4.69) is 6.58 Å². The van der Waals surface area contributed by atoms with Crippen LogP contribution in [0.25, 0.3) is 0 Å². The average molecular weight is 315 g/mol. The Hall–Kier alpha value is -2.27. The van der Waals surface area contributed by atoms with Crippen LogP contribution in [0.15, 0.2) is 66.1 Å². The molecule has 1 heterocycles. The molecule has 0 saturated carbocycles. The minimum atomic E-state index is -3.67. The Bertz CT molecular complexity index is 797. The lowest BCUT2D eigenvalue weighted by molar-refractivity contribution is 0.292. The molecule has 0 radical (unpaired) electrons. The van der Waals surface area contributed by atoms with Crippen LogP contribution in [0.2, 0.25) is 0 Å². The first-order valence-corrected chi connectivity index (χ1v) is 8.43. The minimum absolute atomic E-state index is 0.256. The molecular weight excluding hydrogens is 298 g/mol. The number of sulfonamides is 1. The summed E-state index contributed by atoms with van der Waals surface area (Å²) in [6, 6.07) is 13.6. The van der Waals surface area contributed by atoms with Gasteiger partial charge in [-0.2, -0.15) is 0 Å². The SMILES string of the molecule is C=C[C@H]1COc2ccccc2N1S(=O)(=O)c1ccc(C)cc1.